The second-order valence-corrected chi connectivity index (χ2v) is 5.80. The van der Waals surface area contributed by atoms with Crippen LogP contribution in [0, 0.1) is 0 Å². The van der Waals surface area contributed by atoms with Crippen LogP contribution in [-0.4, -0.2) is 20.5 Å². The number of fused-ring (bicyclic) bond motifs is 3. The third-order valence-electron chi connectivity index (χ3n) is 4.23. The third kappa shape index (κ3) is 2.59. The molecule has 8 heteroatoms. The highest BCUT2D eigenvalue weighted by Gasteiger charge is 2.37. The number of aliphatic imine (C=N–C) groups is 1. The first-order valence-electron chi connectivity index (χ1n) is 7.94. The summed E-state index contributed by atoms with van der Waals surface area (Å²) in [5, 5.41) is 7.93. The van der Waals surface area contributed by atoms with E-state index < -0.39 is 11.7 Å². The maximum atomic E-state index is 13.7. The molecule has 4 rings (SSSR count). The van der Waals surface area contributed by atoms with Crippen LogP contribution >= 0.6 is 0 Å². The molecule has 1 aromatic heterocycles. The summed E-state index contributed by atoms with van der Waals surface area (Å²) in [5.41, 5.74) is 6.49. The van der Waals surface area contributed by atoms with Gasteiger partial charge in [0.25, 0.3) is 0 Å². The predicted octanol–water partition coefficient (Wildman–Crippen LogP) is 3.10. The number of hydrogen-bond donors (Lipinski definition) is 1. The maximum Gasteiger partial charge on any atom is 0.418 e. The molecule has 0 amide bonds. The second-order valence-electron chi connectivity index (χ2n) is 5.80. The summed E-state index contributed by atoms with van der Waals surface area (Å²) >= 11 is 0. The van der Waals surface area contributed by atoms with E-state index in [2.05, 4.69) is 15.2 Å². The Labute approximate surface area is 147 Å². The number of hydrogen-bond acceptors (Lipinski definition) is 4. The number of halogens is 3. The Hall–Kier alpha value is -3.00. The Balaban J connectivity index is 2.07. The van der Waals surface area contributed by atoms with Gasteiger partial charge in [0.15, 0.2) is 11.6 Å². The highest BCUT2D eigenvalue weighted by atomic mass is 19.4. The molecular formula is C18H14F3N5. The fourth-order valence-corrected chi connectivity index (χ4v) is 3.13. The van der Waals surface area contributed by atoms with Crippen LogP contribution in [0.15, 0.2) is 53.5 Å². The van der Waals surface area contributed by atoms with E-state index in [1.807, 2.05) is 30.3 Å². The second kappa shape index (κ2) is 6.06. The summed E-state index contributed by atoms with van der Waals surface area (Å²) in [7, 11) is 0. The molecule has 0 saturated carbocycles. The van der Waals surface area contributed by atoms with E-state index in [0.717, 1.165) is 11.6 Å². The van der Waals surface area contributed by atoms with Crippen molar-refractivity contribution in [2.24, 2.45) is 10.7 Å². The Bertz CT molecular complexity index is 990. The van der Waals surface area contributed by atoms with Crippen molar-refractivity contribution in [2.45, 2.75) is 19.3 Å². The number of rotatable bonds is 2. The van der Waals surface area contributed by atoms with Gasteiger partial charge in [-0.15, -0.1) is 10.2 Å². The minimum Gasteiger partial charge on any atom is -0.324 e. The number of nitrogens with zero attached hydrogens (tertiary/aromatic N) is 4. The van der Waals surface area contributed by atoms with Gasteiger partial charge in [0.1, 0.15) is 6.54 Å². The molecule has 2 aromatic carbocycles. The van der Waals surface area contributed by atoms with Crippen molar-refractivity contribution >= 4 is 5.71 Å². The van der Waals surface area contributed by atoms with Crippen LogP contribution in [0.3, 0.4) is 0 Å². The molecular weight excluding hydrogens is 343 g/mol. The topological polar surface area (TPSA) is 69.1 Å². The van der Waals surface area contributed by atoms with Crippen molar-refractivity contribution in [3.05, 3.63) is 76.9 Å². The number of aromatic nitrogens is 3. The van der Waals surface area contributed by atoms with E-state index in [1.54, 1.807) is 6.07 Å². The van der Waals surface area contributed by atoms with Crippen molar-refractivity contribution in [1.29, 1.82) is 0 Å². The van der Waals surface area contributed by atoms with Crippen LogP contribution in [0.25, 0.3) is 5.69 Å². The summed E-state index contributed by atoms with van der Waals surface area (Å²) < 4.78 is 42.6. The molecule has 1 aliphatic rings. The SMILES string of the molecule is NCc1nnc2n1-c1c(cccc1C(F)(F)F)C(c1ccccc1)=NC2. The lowest BCUT2D eigenvalue weighted by Crippen LogP contribution is -2.18. The highest BCUT2D eigenvalue weighted by Crippen LogP contribution is 2.38. The third-order valence-corrected chi connectivity index (χ3v) is 4.23. The predicted molar refractivity (Wildman–Crippen MR) is 90.0 cm³/mol. The number of para-hydroxylation sites is 1. The standard InChI is InChI=1S/C18H14F3N5/c19-18(20,21)13-8-4-7-12-16(11-5-2-1-3-6-11)23-10-15-25-24-14(9-22)26(15)17(12)13/h1-8H,9-10,22H2. The molecule has 0 unspecified atom stereocenters. The molecule has 2 N–H and O–H groups in total. The summed E-state index contributed by atoms with van der Waals surface area (Å²) in [5.74, 6) is 0.594. The first-order valence-corrected chi connectivity index (χ1v) is 7.94. The lowest BCUT2D eigenvalue weighted by atomic mass is 9.97. The van der Waals surface area contributed by atoms with Crippen LogP contribution in [-0.2, 0) is 19.3 Å². The summed E-state index contributed by atoms with van der Waals surface area (Å²) in [6, 6.07) is 13.2. The quantitative estimate of drug-likeness (QED) is 0.766. The van der Waals surface area contributed by atoms with Crippen LogP contribution in [0.4, 0.5) is 13.2 Å². The molecule has 0 fully saturated rings. The van der Waals surface area contributed by atoms with E-state index in [-0.39, 0.29) is 24.6 Å². The normalized spacial score (nSPS) is 13.6. The smallest absolute Gasteiger partial charge is 0.324 e. The highest BCUT2D eigenvalue weighted by molar-refractivity contribution is 6.15. The summed E-state index contributed by atoms with van der Waals surface area (Å²) in [6.07, 6.45) is -4.54. The van der Waals surface area contributed by atoms with Gasteiger partial charge in [-0.3, -0.25) is 9.56 Å². The largest absolute Gasteiger partial charge is 0.418 e. The van der Waals surface area contributed by atoms with E-state index in [4.69, 9.17) is 5.73 Å². The number of nitrogens with two attached hydrogens (primary N) is 1. The first kappa shape index (κ1) is 16.5. The fourth-order valence-electron chi connectivity index (χ4n) is 3.13. The minimum atomic E-state index is -4.54. The summed E-state index contributed by atoms with van der Waals surface area (Å²) in [4.78, 5) is 4.53. The molecule has 5 nitrogen and oxygen atoms in total. The van der Waals surface area contributed by atoms with Gasteiger partial charge >= 0.3 is 6.18 Å². The molecule has 132 valence electrons. The van der Waals surface area contributed by atoms with Gasteiger partial charge in [0.2, 0.25) is 0 Å². The van der Waals surface area contributed by atoms with Gasteiger partial charge in [-0.1, -0.05) is 42.5 Å². The zero-order chi connectivity index (χ0) is 18.3. The van der Waals surface area contributed by atoms with Gasteiger partial charge in [-0.25, -0.2) is 0 Å². The van der Waals surface area contributed by atoms with Crippen molar-refractivity contribution in [1.82, 2.24) is 14.8 Å². The van der Waals surface area contributed by atoms with Gasteiger partial charge in [0, 0.05) is 11.1 Å². The van der Waals surface area contributed by atoms with E-state index in [1.165, 1.54) is 10.6 Å². The van der Waals surface area contributed by atoms with Crippen LogP contribution in [0.2, 0.25) is 0 Å². The van der Waals surface area contributed by atoms with Gasteiger partial charge in [0.05, 0.1) is 23.5 Å². The lowest BCUT2D eigenvalue weighted by Gasteiger charge is -2.19. The maximum absolute atomic E-state index is 13.7. The van der Waals surface area contributed by atoms with Crippen LogP contribution in [0.5, 0.6) is 0 Å². The average Bonchev–Trinajstić information content (AvgIpc) is 2.97. The van der Waals surface area contributed by atoms with Crippen molar-refractivity contribution < 1.29 is 13.2 Å². The van der Waals surface area contributed by atoms with E-state index in [9.17, 15) is 13.2 Å². The van der Waals surface area contributed by atoms with Crippen LogP contribution in [0.1, 0.15) is 28.3 Å². The molecule has 26 heavy (non-hydrogen) atoms. The molecule has 0 atom stereocenters. The molecule has 0 saturated heterocycles. The number of benzene rings is 2. The zero-order valence-corrected chi connectivity index (χ0v) is 13.5. The molecule has 3 aromatic rings. The molecule has 0 bridgehead atoms. The Kier molecular flexibility index (Phi) is 3.84. The molecule has 1 aliphatic heterocycles. The average molecular weight is 357 g/mol. The summed E-state index contributed by atoms with van der Waals surface area (Å²) in [6.45, 7) is 0.0858. The fraction of sp³-hybridized carbons (Fsp3) is 0.167. The Morgan fingerprint density at radius 1 is 1.00 bits per heavy atom. The minimum absolute atomic E-state index is 0.0273. The van der Waals surface area contributed by atoms with Crippen molar-refractivity contribution in [3.8, 4) is 5.69 Å². The number of alkyl halides is 3. The molecule has 0 spiro atoms. The molecule has 0 radical (unpaired) electrons. The van der Waals surface area contributed by atoms with Gasteiger partial charge < -0.3 is 5.73 Å². The van der Waals surface area contributed by atoms with E-state index >= 15 is 0 Å². The molecule has 0 aliphatic carbocycles. The van der Waals surface area contributed by atoms with Crippen LogP contribution < -0.4 is 5.73 Å². The van der Waals surface area contributed by atoms with Crippen molar-refractivity contribution in [2.75, 3.05) is 0 Å². The molecule has 2 heterocycles. The van der Waals surface area contributed by atoms with Gasteiger partial charge in [-0.2, -0.15) is 13.2 Å². The monoisotopic (exact) mass is 357 g/mol. The Morgan fingerprint density at radius 3 is 2.46 bits per heavy atom. The van der Waals surface area contributed by atoms with Crippen molar-refractivity contribution in [3.63, 3.8) is 0 Å². The lowest BCUT2D eigenvalue weighted by molar-refractivity contribution is -0.137. The van der Waals surface area contributed by atoms with Gasteiger partial charge in [-0.05, 0) is 6.07 Å². The van der Waals surface area contributed by atoms with E-state index in [0.29, 0.717) is 17.1 Å². The zero-order valence-electron chi connectivity index (χ0n) is 13.5. The Morgan fingerprint density at radius 2 is 1.77 bits per heavy atom. The first-order chi connectivity index (χ1) is 12.5.